The van der Waals surface area contributed by atoms with Crippen molar-refractivity contribution in [3.05, 3.63) is 48.0 Å². The maximum atomic E-state index is 2.34. The molecule has 0 radical (unpaired) electrons. The lowest BCUT2D eigenvalue weighted by molar-refractivity contribution is 1.41. The Hall–Kier alpha value is -0.600. The fourth-order valence-corrected chi connectivity index (χ4v) is 4.74. The normalized spacial score (nSPS) is 17.3. The standard InChI is InChI=1S/C13H12S2/c1-2-4-11-9-12(6-5-10(11)3-1)13-14-7-8-15-13/h1-6,9,13H,7-8H2. The van der Waals surface area contributed by atoms with Crippen LogP contribution >= 0.6 is 23.5 Å². The molecule has 0 unspecified atom stereocenters. The summed E-state index contributed by atoms with van der Waals surface area (Å²) in [6.45, 7) is 0. The van der Waals surface area contributed by atoms with Crippen molar-refractivity contribution in [1.29, 1.82) is 0 Å². The molecule has 2 heteroatoms. The Morgan fingerprint density at radius 2 is 1.60 bits per heavy atom. The van der Waals surface area contributed by atoms with Crippen molar-refractivity contribution in [2.24, 2.45) is 0 Å². The Morgan fingerprint density at radius 3 is 2.40 bits per heavy atom. The van der Waals surface area contributed by atoms with E-state index >= 15 is 0 Å². The number of fused-ring (bicyclic) bond motifs is 1. The van der Waals surface area contributed by atoms with Gasteiger partial charge in [0.2, 0.25) is 0 Å². The smallest absolute Gasteiger partial charge is 0.0752 e. The number of rotatable bonds is 1. The van der Waals surface area contributed by atoms with Crippen molar-refractivity contribution in [2.45, 2.75) is 4.58 Å². The maximum Gasteiger partial charge on any atom is 0.0752 e. The lowest BCUT2D eigenvalue weighted by atomic mass is 10.1. The van der Waals surface area contributed by atoms with Gasteiger partial charge in [-0.2, -0.15) is 0 Å². The molecule has 2 aromatic rings. The summed E-state index contributed by atoms with van der Waals surface area (Å²) in [6.07, 6.45) is 0. The van der Waals surface area contributed by atoms with E-state index < -0.39 is 0 Å². The topological polar surface area (TPSA) is 0 Å². The average molecular weight is 232 g/mol. The second-order valence-electron chi connectivity index (χ2n) is 3.68. The van der Waals surface area contributed by atoms with E-state index in [0.29, 0.717) is 4.58 Å². The molecular formula is C13H12S2. The minimum atomic E-state index is 0.662. The van der Waals surface area contributed by atoms with Crippen LogP contribution in [-0.4, -0.2) is 11.5 Å². The van der Waals surface area contributed by atoms with Gasteiger partial charge in [-0.1, -0.05) is 36.4 Å². The monoisotopic (exact) mass is 232 g/mol. The van der Waals surface area contributed by atoms with Gasteiger partial charge in [-0.3, -0.25) is 0 Å². The van der Waals surface area contributed by atoms with Crippen LogP contribution in [0.5, 0.6) is 0 Å². The average Bonchev–Trinajstić information content (AvgIpc) is 2.82. The van der Waals surface area contributed by atoms with Crippen LogP contribution in [-0.2, 0) is 0 Å². The molecule has 15 heavy (non-hydrogen) atoms. The predicted molar refractivity (Wildman–Crippen MR) is 71.6 cm³/mol. The summed E-state index contributed by atoms with van der Waals surface area (Å²) in [4.78, 5) is 0. The van der Waals surface area contributed by atoms with Crippen LogP contribution in [0, 0.1) is 0 Å². The van der Waals surface area contributed by atoms with Gasteiger partial charge in [0.05, 0.1) is 4.58 Å². The van der Waals surface area contributed by atoms with E-state index in [1.165, 1.54) is 27.8 Å². The Morgan fingerprint density at radius 1 is 0.867 bits per heavy atom. The Labute approximate surface area is 98.4 Å². The lowest BCUT2D eigenvalue weighted by Gasteiger charge is -2.09. The molecule has 1 aliphatic heterocycles. The van der Waals surface area contributed by atoms with Gasteiger partial charge in [0.25, 0.3) is 0 Å². The molecule has 0 amide bonds. The van der Waals surface area contributed by atoms with Gasteiger partial charge in [-0.25, -0.2) is 0 Å². The van der Waals surface area contributed by atoms with Gasteiger partial charge in [0.15, 0.2) is 0 Å². The number of hydrogen-bond acceptors (Lipinski definition) is 2. The molecule has 0 nitrogen and oxygen atoms in total. The predicted octanol–water partition coefficient (Wildman–Crippen LogP) is 4.32. The molecule has 3 rings (SSSR count). The molecule has 1 heterocycles. The third kappa shape index (κ3) is 1.88. The molecule has 0 saturated carbocycles. The summed E-state index contributed by atoms with van der Waals surface area (Å²) < 4.78 is 0.662. The number of thioether (sulfide) groups is 2. The van der Waals surface area contributed by atoms with Gasteiger partial charge in [-0.15, -0.1) is 23.5 Å². The highest BCUT2D eigenvalue weighted by atomic mass is 32.2. The molecule has 2 aromatic carbocycles. The minimum absolute atomic E-state index is 0.662. The molecule has 0 aliphatic carbocycles. The van der Waals surface area contributed by atoms with Crippen LogP contribution in [0.3, 0.4) is 0 Å². The summed E-state index contributed by atoms with van der Waals surface area (Å²) in [5.41, 5.74) is 1.47. The van der Waals surface area contributed by atoms with Crippen molar-refractivity contribution < 1.29 is 0 Å². The van der Waals surface area contributed by atoms with E-state index in [1.807, 2.05) is 0 Å². The van der Waals surface area contributed by atoms with Crippen molar-refractivity contribution in [1.82, 2.24) is 0 Å². The van der Waals surface area contributed by atoms with Gasteiger partial charge in [-0.05, 0) is 22.4 Å². The number of hydrogen-bond donors (Lipinski definition) is 0. The molecular weight excluding hydrogens is 220 g/mol. The zero-order chi connectivity index (χ0) is 10.1. The first-order valence-corrected chi connectivity index (χ1v) is 7.25. The van der Waals surface area contributed by atoms with Crippen LogP contribution in [0.2, 0.25) is 0 Å². The molecule has 0 aromatic heterocycles. The first kappa shape index (κ1) is 9.61. The molecule has 0 N–H and O–H groups in total. The minimum Gasteiger partial charge on any atom is -0.142 e. The second kappa shape index (κ2) is 4.11. The van der Waals surface area contributed by atoms with Crippen molar-refractivity contribution in [2.75, 3.05) is 11.5 Å². The first-order valence-electron chi connectivity index (χ1n) is 5.15. The van der Waals surface area contributed by atoms with E-state index in [-0.39, 0.29) is 0 Å². The van der Waals surface area contributed by atoms with Crippen LogP contribution < -0.4 is 0 Å². The van der Waals surface area contributed by atoms with E-state index in [9.17, 15) is 0 Å². The highest BCUT2D eigenvalue weighted by Crippen LogP contribution is 2.45. The van der Waals surface area contributed by atoms with Crippen molar-refractivity contribution in [3.8, 4) is 0 Å². The molecule has 1 saturated heterocycles. The van der Waals surface area contributed by atoms with Crippen LogP contribution in [0.15, 0.2) is 42.5 Å². The summed E-state index contributed by atoms with van der Waals surface area (Å²) in [5.74, 6) is 2.59. The molecule has 0 bridgehead atoms. The molecule has 76 valence electrons. The summed E-state index contributed by atoms with van der Waals surface area (Å²) >= 11 is 4.13. The van der Waals surface area contributed by atoms with Crippen molar-refractivity contribution >= 4 is 34.3 Å². The molecule has 1 aliphatic rings. The SMILES string of the molecule is c1ccc2cc(C3SCCS3)ccc2c1. The van der Waals surface area contributed by atoms with Crippen LogP contribution in [0.1, 0.15) is 10.1 Å². The molecule has 0 spiro atoms. The zero-order valence-corrected chi connectivity index (χ0v) is 9.98. The van der Waals surface area contributed by atoms with Gasteiger partial charge in [0, 0.05) is 11.5 Å². The van der Waals surface area contributed by atoms with Gasteiger partial charge >= 0.3 is 0 Å². The second-order valence-corrected chi connectivity index (χ2v) is 6.40. The molecule has 1 fully saturated rings. The third-order valence-corrected chi connectivity index (χ3v) is 5.77. The fraction of sp³-hybridized carbons (Fsp3) is 0.231. The lowest BCUT2D eigenvalue weighted by Crippen LogP contribution is -1.84. The molecule has 0 atom stereocenters. The van der Waals surface area contributed by atoms with E-state index in [2.05, 4.69) is 66.0 Å². The fourth-order valence-electron chi connectivity index (χ4n) is 1.91. The van der Waals surface area contributed by atoms with E-state index in [1.54, 1.807) is 0 Å². The van der Waals surface area contributed by atoms with Crippen molar-refractivity contribution in [3.63, 3.8) is 0 Å². The van der Waals surface area contributed by atoms with Gasteiger partial charge in [0.1, 0.15) is 0 Å². The highest BCUT2D eigenvalue weighted by molar-refractivity contribution is 8.19. The first-order chi connectivity index (χ1) is 7.43. The summed E-state index contributed by atoms with van der Waals surface area (Å²) in [7, 11) is 0. The zero-order valence-electron chi connectivity index (χ0n) is 8.35. The Bertz CT molecular complexity index is 473. The summed E-state index contributed by atoms with van der Waals surface area (Å²) in [5, 5.41) is 2.71. The highest BCUT2D eigenvalue weighted by Gasteiger charge is 2.17. The maximum absolute atomic E-state index is 2.34. The summed E-state index contributed by atoms with van der Waals surface area (Å²) in [6, 6.07) is 15.4. The third-order valence-electron chi connectivity index (χ3n) is 2.67. The van der Waals surface area contributed by atoms with E-state index in [0.717, 1.165) is 0 Å². The largest absolute Gasteiger partial charge is 0.142 e. The Balaban J connectivity index is 2.05. The van der Waals surface area contributed by atoms with Gasteiger partial charge < -0.3 is 0 Å². The Kier molecular flexibility index (Phi) is 2.63. The van der Waals surface area contributed by atoms with Crippen LogP contribution in [0.4, 0.5) is 0 Å². The van der Waals surface area contributed by atoms with Crippen LogP contribution in [0.25, 0.3) is 10.8 Å². The van der Waals surface area contributed by atoms with E-state index in [4.69, 9.17) is 0 Å². The number of benzene rings is 2. The quantitative estimate of drug-likeness (QED) is 0.718.